The van der Waals surface area contributed by atoms with Crippen LogP contribution < -0.4 is 0 Å². The summed E-state index contributed by atoms with van der Waals surface area (Å²) in [7, 11) is 0. The van der Waals surface area contributed by atoms with E-state index in [1.54, 1.807) is 41.0 Å². The highest BCUT2D eigenvalue weighted by Gasteiger charge is 2.23. The van der Waals surface area contributed by atoms with E-state index in [0.717, 1.165) is 0 Å². The molecule has 0 radical (unpaired) electrons. The van der Waals surface area contributed by atoms with E-state index in [0.29, 0.717) is 45.9 Å². The van der Waals surface area contributed by atoms with Crippen LogP contribution in [0.3, 0.4) is 0 Å². The molecule has 1 aromatic heterocycles. The Labute approximate surface area is 142 Å². The van der Waals surface area contributed by atoms with Gasteiger partial charge in [0.05, 0.1) is 35.8 Å². The first-order valence-corrected chi connectivity index (χ1v) is 7.59. The summed E-state index contributed by atoms with van der Waals surface area (Å²) >= 11 is 0. The third-order valence-corrected chi connectivity index (χ3v) is 4.11. The number of hydrogen-bond acceptors (Lipinski definition) is 4. The van der Waals surface area contributed by atoms with Gasteiger partial charge in [-0.05, 0) is 30.3 Å². The van der Waals surface area contributed by atoms with Crippen LogP contribution in [0.4, 0.5) is 4.39 Å². The third kappa shape index (κ3) is 2.34. The van der Waals surface area contributed by atoms with Gasteiger partial charge in [0.15, 0.2) is 6.29 Å². The highest BCUT2D eigenvalue weighted by Crippen LogP contribution is 2.27. The SMILES string of the molecule is N#Cc1ccc2c(c1)C(c1ccccc1F)=NCc1ncc(C=O)n1-2. The molecule has 3 aromatic rings. The maximum absolute atomic E-state index is 14.4. The summed E-state index contributed by atoms with van der Waals surface area (Å²) in [6.07, 6.45) is 2.19. The number of imidazole rings is 1. The van der Waals surface area contributed by atoms with E-state index < -0.39 is 5.82 Å². The first-order chi connectivity index (χ1) is 12.2. The fourth-order valence-electron chi connectivity index (χ4n) is 2.99. The number of aldehydes is 1. The van der Waals surface area contributed by atoms with Crippen molar-refractivity contribution in [2.24, 2.45) is 4.99 Å². The third-order valence-electron chi connectivity index (χ3n) is 4.11. The van der Waals surface area contributed by atoms with Crippen LogP contribution in [0, 0.1) is 17.1 Å². The van der Waals surface area contributed by atoms with E-state index in [-0.39, 0.29) is 6.54 Å². The lowest BCUT2D eigenvalue weighted by molar-refractivity contribution is 0.111. The molecular formula is C19H11FN4O. The van der Waals surface area contributed by atoms with E-state index in [1.165, 1.54) is 12.3 Å². The van der Waals surface area contributed by atoms with Crippen molar-refractivity contribution < 1.29 is 9.18 Å². The van der Waals surface area contributed by atoms with Crippen molar-refractivity contribution in [3.05, 3.63) is 82.7 Å². The Kier molecular flexibility index (Phi) is 3.47. The molecular weight excluding hydrogens is 319 g/mol. The van der Waals surface area contributed by atoms with Gasteiger partial charge in [-0.3, -0.25) is 14.4 Å². The Morgan fingerprint density at radius 3 is 2.80 bits per heavy atom. The average Bonchev–Trinajstić information content (AvgIpc) is 2.98. The number of halogens is 1. The Balaban J connectivity index is 2.04. The van der Waals surface area contributed by atoms with Crippen molar-refractivity contribution in [3.8, 4) is 11.8 Å². The molecule has 6 heteroatoms. The Morgan fingerprint density at radius 2 is 2.04 bits per heavy atom. The van der Waals surface area contributed by atoms with Gasteiger partial charge in [0.2, 0.25) is 0 Å². The second-order valence-electron chi connectivity index (χ2n) is 5.54. The van der Waals surface area contributed by atoms with Gasteiger partial charge in [0.1, 0.15) is 17.3 Å². The molecule has 0 saturated heterocycles. The van der Waals surface area contributed by atoms with Crippen LogP contribution >= 0.6 is 0 Å². The van der Waals surface area contributed by atoms with Crippen LogP contribution in [0.5, 0.6) is 0 Å². The molecule has 0 saturated carbocycles. The topological polar surface area (TPSA) is 71.0 Å². The van der Waals surface area contributed by atoms with Gasteiger partial charge < -0.3 is 0 Å². The number of fused-ring (bicyclic) bond motifs is 3. The van der Waals surface area contributed by atoms with Gasteiger partial charge in [-0.15, -0.1) is 0 Å². The summed E-state index contributed by atoms with van der Waals surface area (Å²) in [5.74, 6) is 0.184. The molecule has 0 fully saturated rings. The molecule has 0 unspecified atom stereocenters. The van der Waals surface area contributed by atoms with Crippen molar-refractivity contribution in [2.75, 3.05) is 0 Å². The number of aliphatic imine (C=N–C) groups is 1. The molecule has 4 rings (SSSR count). The summed E-state index contributed by atoms with van der Waals surface area (Å²) in [5.41, 5.74) is 2.83. The van der Waals surface area contributed by atoms with Gasteiger partial charge in [-0.25, -0.2) is 9.37 Å². The van der Waals surface area contributed by atoms with Gasteiger partial charge in [-0.2, -0.15) is 5.26 Å². The summed E-state index contributed by atoms with van der Waals surface area (Å²) < 4.78 is 16.1. The first kappa shape index (κ1) is 15.0. The minimum absolute atomic E-state index is 0.202. The highest BCUT2D eigenvalue weighted by molar-refractivity contribution is 6.15. The van der Waals surface area contributed by atoms with Gasteiger partial charge in [-0.1, -0.05) is 12.1 Å². The number of aromatic nitrogens is 2. The number of rotatable bonds is 2. The molecule has 1 aliphatic heterocycles. The van der Waals surface area contributed by atoms with Crippen molar-refractivity contribution >= 4 is 12.0 Å². The van der Waals surface area contributed by atoms with Gasteiger partial charge in [0.25, 0.3) is 0 Å². The second kappa shape index (κ2) is 5.80. The van der Waals surface area contributed by atoms with E-state index in [4.69, 9.17) is 0 Å². The summed E-state index contributed by atoms with van der Waals surface area (Å²) in [5, 5.41) is 9.24. The fraction of sp³-hybridized carbons (Fsp3) is 0.0526. The average molecular weight is 330 g/mol. The number of nitriles is 1. The zero-order valence-electron chi connectivity index (χ0n) is 13.0. The maximum atomic E-state index is 14.4. The second-order valence-corrected chi connectivity index (χ2v) is 5.54. The molecule has 0 bridgehead atoms. The molecule has 5 nitrogen and oxygen atoms in total. The minimum atomic E-state index is -0.398. The fourth-order valence-corrected chi connectivity index (χ4v) is 2.99. The summed E-state index contributed by atoms with van der Waals surface area (Å²) in [6.45, 7) is 0.202. The zero-order chi connectivity index (χ0) is 17.4. The van der Waals surface area contributed by atoms with Crippen LogP contribution in [0.1, 0.15) is 33.0 Å². The number of hydrogen-bond donors (Lipinski definition) is 0. The van der Waals surface area contributed by atoms with E-state index in [2.05, 4.69) is 16.0 Å². The molecule has 1 aliphatic rings. The lowest BCUT2D eigenvalue weighted by atomic mass is 9.98. The quantitative estimate of drug-likeness (QED) is 0.678. The van der Waals surface area contributed by atoms with Crippen LogP contribution in [0.25, 0.3) is 5.69 Å². The molecule has 2 aromatic carbocycles. The van der Waals surface area contributed by atoms with E-state index >= 15 is 0 Å². The van der Waals surface area contributed by atoms with Crippen molar-refractivity contribution in [1.82, 2.24) is 9.55 Å². The number of carbonyl (C=O) groups is 1. The highest BCUT2D eigenvalue weighted by atomic mass is 19.1. The summed E-state index contributed by atoms with van der Waals surface area (Å²) in [4.78, 5) is 20.2. The lowest BCUT2D eigenvalue weighted by Gasteiger charge is -2.13. The molecule has 2 heterocycles. The van der Waals surface area contributed by atoms with Crippen LogP contribution in [0.15, 0.2) is 53.7 Å². The monoisotopic (exact) mass is 330 g/mol. The standard InChI is InChI=1S/C19H11FN4O/c20-16-4-2-1-3-14(16)19-15-7-12(8-21)5-6-17(15)24-13(11-25)9-22-18(24)10-23-19/h1-7,9,11H,10H2. The van der Waals surface area contributed by atoms with Crippen molar-refractivity contribution in [2.45, 2.75) is 6.54 Å². The number of nitrogens with zero attached hydrogens (tertiary/aromatic N) is 4. The Morgan fingerprint density at radius 1 is 1.20 bits per heavy atom. The minimum Gasteiger partial charge on any atom is -0.296 e. The number of carbonyl (C=O) groups excluding carboxylic acids is 1. The van der Waals surface area contributed by atoms with Gasteiger partial charge in [0, 0.05) is 11.1 Å². The smallest absolute Gasteiger partial charge is 0.168 e. The zero-order valence-corrected chi connectivity index (χ0v) is 13.0. The van der Waals surface area contributed by atoms with Crippen molar-refractivity contribution in [1.29, 1.82) is 5.26 Å². The molecule has 0 N–H and O–H groups in total. The molecule has 0 atom stereocenters. The predicted octanol–water partition coefficient (Wildman–Crippen LogP) is 3.05. The molecule has 25 heavy (non-hydrogen) atoms. The Bertz CT molecular complexity index is 1080. The van der Waals surface area contributed by atoms with Crippen LogP contribution in [-0.2, 0) is 6.54 Å². The molecule has 0 amide bonds. The summed E-state index contributed by atoms with van der Waals surface area (Å²) in [6, 6.07) is 13.5. The van der Waals surface area contributed by atoms with Crippen LogP contribution in [-0.4, -0.2) is 21.5 Å². The predicted molar refractivity (Wildman–Crippen MR) is 89.4 cm³/mol. The number of benzene rings is 2. The largest absolute Gasteiger partial charge is 0.296 e. The molecule has 0 aliphatic carbocycles. The van der Waals surface area contributed by atoms with Gasteiger partial charge >= 0.3 is 0 Å². The Hall–Kier alpha value is -3.59. The molecule has 120 valence electrons. The van der Waals surface area contributed by atoms with Crippen LogP contribution in [0.2, 0.25) is 0 Å². The normalized spacial score (nSPS) is 12.4. The van der Waals surface area contributed by atoms with E-state index in [1.807, 2.05) is 0 Å². The lowest BCUT2D eigenvalue weighted by Crippen LogP contribution is -2.10. The maximum Gasteiger partial charge on any atom is 0.168 e. The first-order valence-electron chi connectivity index (χ1n) is 7.59. The molecule has 0 spiro atoms. The van der Waals surface area contributed by atoms with Crippen molar-refractivity contribution in [3.63, 3.8) is 0 Å². The van der Waals surface area contributed by atoms with E-state index in [9.17, 15) is 14.4 Å².